The first-order valence-corrected chi connectivity index (χ1v) is 12.2. The molecule has 4 aliphatic carbocycles. The number of hydrogen-bond donors (Lipinski definition) is 1. The molecule has 4 fully saturated rings. The van der Waals surface area contributed by atoms with Crippen molar-refractivity contribution in [2.24, 2.45) is 45.8 Å². The molecule has 0 aliphatic heterocycles. The van der Waals surface area contributed by atoms with Crippen LogP contribution in [0.1, 0.15) is 98.3 Å². The minimum atomic E-state index is -0.102. The van der Waals surface area contributed by atoms with Gasteiger partial charge in [0.05, 0.1) is 6.10 Å². The van der Waals surface area contributed by atoms with E-state index < -0.39 is 0 Å². The van der Waals surface area contributed by atoms with Crippen LogP contribution in [-0.2, 0) is 0 Å². The molecule has 27 heavy (non-hydrogen) atoms. The van der Waals surface area contributed by atoms with Crippen LogP contribution in [0.15, 0.2) is 12.7 Å². The average Bonchev–Trinajstić information content (AvgIpc) is 3.01. The van der Waals surface area contributed by atoms with Gasteiger partial charge in [0.1, 0.15) is 0 Å². The maximum Gasteiger partial charge on any atom is 0.0602 e. The second kappa shape index (κ2) is 6.89. The molecule has 4 rings (SSSR count). The predicted molar refractivity (Wildman–Crippen MR) is 114 cm³/mol. The number of aliphatic hydroxyl groups excluding tert-OH is 1. The summed E-state index contributed by atoms with van der Waals surface area (Å²) in [5.41, 5.74) is 0.869. The van der Waals surface area contributed by atoms with Gasteiger partial charge in [-0.15, -0.1) is 6.58 Å². The van der Waals surface area contributed by atoms with Crippen molar-refractivity contribution in [3.8, 4) is 0 Å². The molecule has 7 unspecified atom stereocenters. The van der Waals surface area contributed by atoms with Gasteiger partial charge in [-0.25, -0.2) is 0 Å². The zero-order chi connectivity index (χ0) is 19.4. The van der Waals surface area contributed by atoms with E-state index in [1.54, 1.807) is 0 Å². The molecule has 0 heterocycles. The van der Waals surface area contributed by atoms with Crippen molar-refractivity contribution in [3.63, 3.8) is 0 Å². The van der Waals surface area contributed by atoms with E-state index in [-0.39, 0.29) is 11.5 Å². The highest BCUT2D eigenvalue weighted by molar-refractivity contribution is 5.18. The Morgan fingerprint density at radius 3 is 2.52 bits per heavy atom. The van der Waals surface area contributed by atoms with Crippen molar-refractivity contribution in [2.45, 2.75) is 104 Å². The van der Waals surface area contributed by atoms with Gasteiger partial charge in [0.15, 0.2) is 0 Å². The van der Waals surface area contributed by atoms with Gasteiger partial charge < -0.3 is 5.11 Å². The van der Waals surface area contributed by atoms with Crippen LogP contribution in [0.25, 0.3) is 0 Å². The Bertz CT molecular complexity index is 569. The van der Waals surface area contributed by atoms with Gasteiger partial charge in [0.25, 0.3) is 0 Å². The smallest absolute Gasteiger partial charge is 0.0602 e. The van der Waals surface area contributed by atoms with Crippen LogP contribution >= 0.6 is 0 Å². The molecule has 0 aromatic carbocycles. The second-order valence-corrected chi connectivity index (χ2v) is 11.5. The third-order valence-corrected chi connectivity index (χ3v) is 10.9. The van der Waals surface area contributed by atoms with E-state index in [9.17, 15) is 5.11 Å². The number of rotatable bonds is 4. The maximum atomic E-state index is 11.6. The summed E-state index contributed by atoms with van der Waals surface area (Å²) in [6, 6.07) is 0. The Balaban J connectivity index is 1.67. The SMILES string of the molecule is C=CC12CCCCC1(C)C1C[C@H](O)C3(C)C(CCC3[C@H](C)CCC)C1CC2. The van der Waals surface area contributed by atoms with Crippen LogP contribution in [0.5, 0.6) is 0 Å². The molecule has 0 saturated heterocycles. The van der Waals surface area contributed by atoms with Crippen molar-refractivity contribution in [2.75, 3.05) is 0 Å². The van der Waals surface area contributed by atoms with Crippen molar-refractivity contribution in [3.05, 3.63) is 12.7 Å². The first kappa shape index (κ1) is 20.0. The molecule has 4 aliphatic rings. The lowest BCUT2D eigenvalue weighted by atomic mass is 9.39. The number of aliphatic hydroxyl groups is 1. The zero-order valence-corrected chi connectivity index (χ0v) is 18.5. The highest BCUT2D eigenvalue weighted by Crippen LogP contribution is 2.71. The summed E-state index contributed by atoms with van der Waals surface area (Å²) in [6.07, 6.45) is 16.8. The average molecular weight is 373 g/mol. The third kappa shape index (κ3) is 2.59. The summed E-state index contributed by atoms with van der Waals surface area (Å²) < 4.78 is 0. The highest BCUT2D eigenvalue weighted by Gasteiger charge is 2.65. The van der Waals surface area contributed by atoms with E-state index in [2.05, 4.69) is 40.3 Å². The monoisotopic (exact) mass is 372 g/mol. The quantitative estimate of drug-likeness (QED) is 0.527. The standard InChI is InChI=1S/C26H44O/c1-6-10-18(3)20-11-12-21-19-13-16-26(7-2)15-9-8-14-24(26,4)22(19)17-23(27)25(20,21)5/h7,18-23,27H,2,6,8-17H2,1,3-5H3/t18-,19?,20?,21?,22?,23+,24?,25?,26?/m1/s1. The van der Waals surface area contributed by atoms with Crippen LogP contribution in [0.4, 0.5) is 0 Å². The maximum absolute atomic E-state index is 11.6. The topological polar surface area (TPSA) is 20.2 Å². The summed E-state index contributed by atoms with van der Waals surface area (Å²) in [5, 5.41) is 11.6. The van der Waals surface area contributed by atoms with Crippen molar-refractivity contribution in [1.29, 1.82) is 0 Å². The van der Waals surface area contributed by atoms with E-state index in [1.807, 2.05) is 0 Å². The molecule has 0 bridgehead atoms. The van der Waals surface area contributed by atoms with Gasteiger partial charge in [-0.05, 0) is 90.8 Å². The minimum Gasteiger partial charge on any atom is -0.393 e. The fraction of sp³-hybridized carbons (Fsp3) is 0.923. The van der Waals surface area contributed by atoms with E-state index >= 15 is 0 Å². The van der Waals surface area contributed by atoms with E-state index in [0.717, 1.165) is 30.1 Å². The zero-order valence-electron chi connectivity index (χ0n) is 18.5. The molecule has 0 radical (unpaired) electrons. The molecule has 1 N–H and O–H groups in total. The van der Waals surface area contributed by atoms with E-state index in [0.29, 0.717) is 16.7 Å². The van der Waals surface area contributed by atoms with Crippen LogP contribution in [0.2, 0.25) is 0 Å². The van der Waals surface area contributed by atoms with Crippen LogP contribution in [-0.4, -0.2) is 11.2 Å². The van der Waals surface area contributed by atoms with Gasteiger partial charge in [-0.2, -0.15) is 0 Å². The Kier molecular flexibility index (Phi) is 5.10. The molecular weight excluding hydrogens is 328 g/mol. The predicted octanol–water partition coefficient (Wildman–Crippen LogP) is 7.00. The van der Waals surface area contributed by atoms with Crippen molar-refractivity contribution in [1.82, 2.24) is 0 Å². The first-order chi connectivity index (χ1) is 12.8. The van der Waals surface area contributed by atoms with E-state index in [1.165, 1.54) is 64.2 Å². The van der Waals surface area contributed by atoms with Crippen LogP contribution < -0.4 is 0 Å². The Hall–Kier alpha value is -0.300. The lowest BCUT2D eigenvalue weighted by Crippen LogP contribution is -2.60. The number of allylic oxidation sites excluding steroid dienone is 1. The largest absolute Gasteiger partial charge is 0.393 e. The molecule has 154 valence electrons. The van der Waals surface area contributed by atoms with Crippen molar-refractivity contribution >= 4 is 0 Å². The molecule has 9 atom stereocenters. The van der Waals surface area contributed by atoms with Crippen LogP contribution in [0, 0.1) is 45.8 Å². The molecule has 0 aromatic heterocycles. The van der Waals surface area contributed by atoms with Gasteiger partial charge in [-0.1, -0.05) is 59.5 Å². The molecule has 0 amide bonds. The Morgan fingerprint density at radius 2 is 1.81 bits per heavy atom. The number of fused-ring (bicyclic) bond motifs is 5. The fourth-order valence-electron chi connectivity index (χ4n) is 9.36. The summed E-state index contributed by atoms with van der Waals surface area (Å²) >= 11 is 0. The molecular formula is C26H44O. The van der Waals surface area contributed by atoms with Gasteiger partial charge in [0.2, 0.25) is 0 Å². The van der Waals surface area contributed by atoms with Crippen molar-refractivity contribution < 1.29 is 5.11 Å². The third-order valence-electron chi connectivity index (χ3n) is 10.9. The first-order valence-electron chi connectivity index (χ1n) is 12.2. The Morgan fingerprint density at radius 1 is 1.07 bits per heavy atom. The minimum absolute atomic E-state index is 0.102. The lowest BCUT2D eigenvalue weighted by molar-refractivity contribution is -0.184. The normalized spacial score (nSPS) is 53.1. The fourth-order valence-corrected chi connectivity index (χ4v) is 9.36. The number of hydrogen-bond acceptors (Lipinski definition) is 1. The Labute approximate surface area is 168 Å². The summed E-state index contributed by atoms with van der Waals surface area (Å²) in [4.78, 5) is 0. The second-order valence-electron chi connectivity index (χ2n) is 11.5. The summed E-state index contributed by atoms with van der Waals surface area (Å²) in [7, 11) is 0. The van der Waals surface area contributed by atoms with Gasteiger partial charge in [-0.3, -0.25) is 0 Å². The molecule has 1 nitrogen and oxygen atoms in total. The van der Waals surface area contributed by atoms with E-state index in [4.69, 9.17) is 0 Å². The summed E-state index contributed by atoms with van der Waals surface area (Å²) in [5.74, 6) is 3.78. The molecule has 0 aromatic rings. The van der Waals surface area contributed by atoms with Gasteiger partial charge >= 0.3 is 0 Å². The molecule has 4 saturated carbocycles. The summed E-state index contributed by atoms with van der Waals surface area (Å²) in [6.45, 7) is 14.2. The lowest BCUT2D eigenvalue weighted by Gasteiger charge is -2.66. The molecule has 1 heteroatoms. The van der Waals surface area contributed by atoms with Gasteiger partial charge in [0, 0.05) is 0 Å². The molecule has 0 spiro atoms. The van der Waals surface area contributed by atoms with Crippen LogP contribution in [0.3, 0.4) is 0 Å². The highest BCUT2D eigenvalue weighted by atomic mass is 16.3.